The summed E-state index contributed by atoms with van der Waals surface area (Å²) in [6.07, 6.45) is 0.433. The van der Waals surface area contributed by atoms with Gasteiger partial charge in [0.2, 0.25) is 5.78 Å². The van der Waals surface area contributed by atoms with Crippen molar-refractivity contribution < 1.29 is 14.7 Å². The molecule has 1 aromatic carbocycles. The average molecular weight is 233 g/mol. The minimum Gasteiger partial charge on any atom is -0.497 e. The number of carbonyl (C=O) groups is 1. The molecule has 4 nitrogen and oxygen atoms in total. The first-order chi connectivity index (χ1) is 7.99. The fourth-order valence-corrected chi connectivity index (χ4v) is 2.24. The van der Waals surface area contributed by atoms with E-state index in [1.54, 1.807) is 19.2 Å². The minimum atomic E-state index is -0.237. The third kappa shape index (κ3) is 1.79. The summed E-state index contributed by atoms with van der Waals surface area (Å²) in [6, 6.07) is 5.34. The van der Waals surface area contributed by atoms with Crippen molar-refractivity contribution in [3.63, 3.8) is 0 Å². The highest BCUT2D eigenvalue weighted by molar-refractivity contribution is 6.47. The molecular weight excluding hydrogens is 218 g/mol. The highest BCUT2D eigenvalue weighted by Crippen LogP contribution is 2.37. The van der Waals surface area contributed by atoms with E-state index in [4.69, 9.17) is 9.94 Å². The van der Waals surface area contributed by atoms with Crippen molar-refractivity contribution in [2.24, 2.45) is 5.16 Å². The van der Waals surface area contributed by atoms with Crippen LogP contribution >= 0.6 is 0 Å². The monoisotopic (exact) mass is 233 g/mol. The molecule has 90 valence electrons. The second-order valence-electron chi connectivity index (χ2n) is 4.85. The van der Waals surface area contributed by atoms with Crippen molar-refractivity contribution in [3.8, 4) is 5.75 Å². The van der Waals surface area contributed by atoms with Gasteiger partial charge in [0.25, 0.3) is 0 Å². The molecule has 0 saturated heterocycles. The lowest BCUT2D eigenvalue weighted by Gasteiger charge is -2.32. The van der Waals surface area contributed by atoms with Crippen LogP contribution in [0.1, 0.15) is 36.2 Å². The molecule has 0 radical (unpaired) electrons. The molecule has 0 bridgehead atoms. The first-order valence-electron chi connectivity index (χ1n) is 5.44. The Bertz CT molecular complexity index is 503. The van der Waals surface area contributed by atoms with E-state index < -0.39 is 0 Å². The maximum atomic E-state index is 12.0. The van der Waals surface area contributed by atoms with Gasteiger partial charge in [0.15, 0.2) is 0 Å². The molecule has 0 spiro atoms. The van der Waals surface area contributed by atoms with E-state index in [1.807, 2.05) is 19.9 Å². The second kappa shape index (κ2) is 3.87. The Hall–Kier alpha value is -1.84. The van der Waals surface area contributed by atoms with Gasteiger partial charge in [-0.15, -0.1) is 0 Å². The Kier molecular flexibility index (Phi) is 2.65. The summed E-state index contributed by atoms with van der Waals surface area (Å²) in [6.45, 7) is 4.03. The average Bonchev–Trinajstić information content (AvgIpc) is 2.33. The predicted octanol–water partition coefficient (Wildman–Crippen LogP) is 2.39. The zero-order valence-electron chi connectivity index (χ0n) is 10.2. The van der Waals surface area contributed by atoms with Gasteiger partial charge in [0.1, 0.15) is 11.5 Å². The van der Waals surface area contributed by atoms with Crippen LogP contribution in [0.4, 0.5) is 0 Å². The fourth-order valence-electron chi connectivity index (χ4n) is 2.24. The summed E-state index contributed by atoms with van der Waals surface area (Å²) < 4.78 is 5.17. The number of hydrogen-bond donors (Lipinski definition) is 1. The van der Waals surface area contributed by atoms with Crippen LogP contribution in [0.3, 0.4) is 0 Å². The lowest BCUT2D eigenvalue weighted by molar-refractivity contribution is 0.105. The lowest BCUT2D eigenvalue weighted by Crippen LogP contribution is -2.34. The van der Waals surface area contributed by atoms with Crippen molar-refractivity contribution >= 4 is 11.5 Å². The summed E-state index contributed by atoms with van der Waals surface area (Å²) in [5.41, 5.74) is 1.51. The van der Waals surface area contributed by atoms with E-state index in [2.05, 4.69) is 5.16 Å². The van der Waals surface area contributed by atoms with Crippen LogP contribution in [-0.2, 0) is 5.41 Å². The van der Waals surface area contributed by atoms with E-state index >= 15 is 0 Å². The molecule has 2 rings (SSSR count). The van der Waals surface area contributed by atoms with Crippen molar-refractivity contribution in [3.05, 3.63) is 29.3 Å². The van der Waals surface area contributed by atoms with Gasteiger partial charge in [-0.2, -0.15) is 0 Å². The molecule has 1 aliphatic carbocycles. The number of methoxy groups -OCH3 is 1. The first kappa shape index (κ1) is 11.6. The number of hydrogen-bond acceptors (Lipinski definition) is 4. The lowest BCUT2D eigenvalue weighted by atomic mass is 9.71. The van der Waals surface area contributed by atoms with Gasteiger partial charge in [-0.25, -0.2) is 0 Å². The van der Waals surface area contributed by atoms with Gasteiger partial charge in [-0.3, -0.25) is 4.79 Å². The van der Waals surface area contributed by atoms with Gasteiger partial charge in [0.05, 0.1) is 7.11 Å². The van der Waals surface area contributed by atoms with Gasteiger partial charge >= 0.3 is 0 Å². The fraction of sp³-hybridized carbons (Fsp3) is 0.385. The van der Waals surface area contributed by atoms with Gasteiger partial charge in [0, 0.05) is 12.0 Å². The van der Waals surface area contributed by atoms with Crippen LogP contribution in [0.25, 0.3) is 0 Å². The van der Waals surface area contributed by atoms with Crippen LogP contribution in [0.2, 0.25) is 0 Å². The van der Waals surface area contributed by atoms with Crippen LogP contribution in [0, 0.1) is 0 Å². The molecule has 0 amide bonds. The molecule has 1 aliphatic rings. The third-order valence-electron chi connectivity index (χ3n) is 3.19. The van der Waals surface area contributed by atoms with E-state index in [0.29, 0.717) is 12.0 Å². The highest BCUT2D eigenvalue weighted by Gasteiger charge is 2.36. The summed E-state index contributed by atoms with van der Waals surface area (Å²) >= 11 is 0. The smallest absolute Gasteiger partial charge is 0.210 e. The normalized spacial score (nSPS) is 20.2. The van der Waals surface area contributed by atoms with Crippen LogP contribution < -0.4 is 4.74 Å². The molecule has 0 heterocycles. The van der Waals surface area contributed by atoms with Gasteiger partial charge < -0.3 is 9.94 Å². The van der Waals surface area contributed by atoms with Crippen molar-refractivity contribution in [2.45, 2.75) is 25.7 Å². The van der Waals surface area contributed by atoms with Crippen LogP contribution in [0.15, 0.2) is 23.4 Å². The number of ketones is 1. The molecule has 4 heteroatoms. The predicted molar refractivity (Wildman–Crippen MR) is 64.2 cm³/mol. The quantitative estimate of drug-likeness (QED) is 0.598. The van der Waals surface area contributed by atoms with E-state index in [0.717, 1.165) is 11.3 Å². The Morgan fingerprint density at radius 1 is 1.41 bits per heavy atom. The van der Waals surface area contributed by atoms with Gasteiger partial charge in [-0.05, 0) is 29.2 Å². The largest absolute Gasteiger partial charge is 0.497 e. The minimum absolute atomic E-state index is 0.204. The molecular formula is C13H15NO3. The number of rotatable bonds is 1. The zero-order chi connectivity index (χ0) is 12.6. The molecule has 0 aromatic heterocycles. The van der Waals surface area contributed by atoms with Crippen molar-refractivity contribution in [1.82, 2.24) is 0 Å². The standard InChI is InChI=1S/C13H15NO3/c1-13(2)7-11(14-16)12(15)9-5-4-8(17-3)6-10(9)13/h4-6,16H,7H2,1-3H3/b14-11-. The summed E-state index contributed by atoms with van der Waals surface area (Å²) in [5, 5.41) is 12.0. The summed E-state index contributed by atoms with van der Waals surface area (Å²) in [7, 11) is 1.60. The maximum Gasteiger partial charge on any atom is 0.210 e. The molecule has 1 N–H and O–H groups in total. The number of ether oxygens (including phenoxy) is 1. The molecule has 0 unspecified atom stereocenters. The Balaban J connectivity index is 2.63. The SMILES string of the molecule is COc1ccc2c(c1)C(C)(C)C/C(=N/O)C2=O. The number of nitrogens with zero attached hydrogens (tertiary/aromatic N) is 1. The Labute approximate surface area is 99.9 Å². The van der Waals surface area contributed by atoms with Crippen LogP contribution in [0.5, 0.6) is 5.75 Å². The molecule has 0 atom stereocenters. The van der Waals surface area contributed by atoms with Crippen molar-refractivity contribution in [2.75, 3.05) is 7.11 Å². The summed E-state index contributed by atoms with van der Waals surface area (Å²) in [4.78, 5) is 12.0. The highest BCUT2D eigenvalue weighted by atomic mass is 16.5. The molecule has 0 saturated carbocycles. The molecule has 17 heavy (non-hydrogen) atoms. The Morgan fingerprint density at radius 3 is 2.71 bits per heavy atom. The number of oxime groups is 1. The topological polar surface area (TPSA) is 58.9 Å². The van der Waals surface area contributed by atoms with E-state index in [-0.39, 0.29) is 16.9 Å². The van der Waals surface area contributed by atoms with Crippen molar-refractivity contribution in [1.29, 1.82) is 0 Å². The molecule has 0 aliphatic heterocycles. The molecule has 0 fully saturated rings. The van der Waals surface area contributed by atoms with Crippen LogP contribution in [-0.4, -0.2) is 23.8 Å². The third-order valence-corrected chi connectivity index (χ3v) is 3.19. The first-order valence-corrected chi connectivity index (χ1v) is 5.44. The summed E-state index contributed by atoms with van der Waals surface area (Å²) in [5.74, 6) is 0.526. The number of carbonyl (C=O) groups excluding carboxylic acids is 1. The zero-order valence-corrected chi connectivity index (χ0v) is 10.2. The van der Waals surface area contributed by atoms with E-state index in [1.165, 1.54) is 0 Å². The number of benzene rings is 1. The Morgan fingerprint density at radius 2 is 2.12 bits per heavy atom. The number of fused-ring (bicyclic) bond motifs is 1. The maximum absolute atomic E-state index is 12.0. The second-order valence-corrected chi connectivity index (χ2v) is 4.85. The van der Waals surface area contributed by atoms with Gasteiger partial charge in [-0.1, -0.05) is 19.0 Å². The molecule has 1 aromatic rings. The number of Topliss-reactive ketones (excluding diaryl/α,β-unsaturated/α-hetero) is 1. The van der Waals surface area contributed by atoms with E-state index in [9.17, 15) is 4.79 Å².